The van der Waals surface area contributed by atoms with Crippen molar-refractivity contribution < 1.29 is 14.3 Å². The van der Waals surface area contributed by atoms with Gasteiger partial charge in [-0.15, -0.1) is 0 Å². The second kappa shape index (κ2) is 5.49. The molecule has 17 heavy (non-hydrogen) atoms. The maximum absolute atomic E-state index is 12.0. The first-order valence-corrected chi connectivity index (χ1v) is 5.97. The third kappa shape index (κ3) is 3.19. The molecule has 1 fully saturated rings. The van der Waals surface area contributed by atoms with Gasteiger partial charge in [-0.05, 0) is 26.8 Å². The van der Waals surface area contributed by atoms with Crippen molar-refractivity contribution >= 4 is 11.9 Å². The smallest absolute Gasteiger partial charge is 0.305 e. The molecule has 1 saturated heterocycles. The highest BCUT2D eigenvalue weighted by Gasteiger charge is 2.39. The van der Waals surface area contributed by atoms with E-state index in [1.165, 1.54) is 7.11 Å². The molecule has 0 aromatic rings. The van der Waals surface area contributed by atoms with Crippen molar-refractivity contribution in [1.29, 1.82) is 0 Å². The first-order valence-electron chi connectivity index (χ1n) is 5.97. The highest BCUT2D eigenvalue weighted by Crippen LogP contribution is 2.21. The summed E-state index contributed by atoms with van der Waals surface area (Å²) in [6.45, 7) is 6.23. The Balaban J connectivity index is 2.48. The van der Waals surface area contributed by atoms with Crippen LogP contribution in [-0.4, -0.2) is 61.0 Å². The fourth-order valence-corrected chi connectivity index (χ4v) is 2.16. The predicted octanol–water partition coefficient (Wildman–Crippen LogP) is 0.492. The average molecular weight is 242 g/mol. The fourth-order valence-electron chi connectivity index (χ4n) is 2.16. The second-order valence-electron chi connectivity index (χ2n) is 4.95. The Kier molecular flexibility index (Phi) is 4.51. The van der Waals surface area contributed by atoms with Gasteiger partial charge in [-0.1, -0.05) is 0 Å². The molecule has 0 unspecified atom stereocenters. The van der Waals surface area contributed by atoms with Crippen LogP contribution in [0, 0.1) is 0 Å². The number of nitrogens with zero attached hydrogens (tertiary/aromatic N) is 2. The maximum atomic E-state index is 12.0. The molecule has 1 rings (SSSR count). The van der Waals surface area contributed by atoms with E-state index in [-0.39, 0.29) is 11.9 Å². The Labute approximate surface area is 103 Å². The molecule has 1 amide bonds. The van der Waals surface area contributed by atoms with Gasteiger partial charge in [-0.25, -0.2) is 0 Å². The summed E-state index contributed by atoms with van der Waals surface area (Å²) >= 11 is 0. The van der Waals surface area contributed by atoms with E-state index >= 15 is 0 Å². The van der Waals surface area contributed by atoms with Crippen molar-refractivity contribution in [3.8, 4) is 0 Å². The average Bonchev–Trinajstić information content (AvgIpc) is 2.29. The molecule has 0 atom stereocenters. The zero-order valence-corrected chi connectivity index (χ0v) is 11.2. The quantitative estimate of drug-likeness (QED) is 0.673. The van der Waals surface area contributed by atoms with Gasteiger partial charge in [0.25, 0.3) is 0 Å². The zero-order valence-electron chi connectivity index (χ0n) is 11.2. The van der Waals surface area contributed by atoms with Crippen LogP contribution >= 0.6 is 0 Å². The van der Waals surface area contributed by atoms with E-state index in [1.54, 1.807) is 4.90 Å². The van der Waals surface area contributed by atoms with Gasteiger partial charge in [0.2, 0.25) is 5.91 Å². The summed E-state index contributed by atoms with van der Waals surface area (Å²) in [6.07, 6.45) is 1.14. The van der Waals surface area contributed by atoms with Crippen LogP contribution < -0.4 is 0 Å². The Hall–Kier alpha value is -1.10. The summed E-state index contributed by atoms with van der Waals surface area (Å²) in [7, 11) is 3.22. The Morgan fingerprint density at radius 3 is 2.65 bits per heavy atom. The molecule has 0 aromatic heterocycles. The van der Waals surface area contributed by atoms with E-state index in [0.717, 1.165) is 26.1 Å². The van der Waals surface area contributed by atoms with Crippen molar-refractivity contribution in [3.05, 3.63) is 0 Å². The molecule has 0 saturated carbocycles. The monoisotopic (exact) mass is 242 g/mol. The maximum Gasteiger partial charge on any atom is 0.305 e. The number of carbonyl (C=O) groups is 2. The van der Waals surface area contributed by atoms with Crippen molar-refractivity contribution in [3.63, 3.8) is 0 Å². The Morgan fingerprint density at radius 1 is 1.41 bits per heavy atom. The topological polar surface area (TPSA) is 49.9 Å². The van der Waals surface area contributed by atoms with Crippen LogP contribution in [0.4, 0.5) is 0 Å². The lowest BCUT2D eigenvalue weighted by molar-refractivity contribution is -0.147. The molecule has 0 bridgehead atoms. The number of esters is 1. The van der Waals surface area contributed by atoms with E-state index in [1.807, 2.05) is 20.9 Å². The predicted molar refractivity (Wildman–Crippen MR) is 64.5 cm³/mol. The molecule has 0 spiro atoms. The molecule has 98 valence electrons. The molecule has 0 radical (unpaired) electrons. The lowest BCUT2D eigenvalue weighted by Gasteiger charge is -2.44. The standard InChI is InChI=1S/C12H22N2O3/c1-12(2)11(16)13(3)8-9-14(12)7-5-6-10(15)17-4/h5-9H2,1-4H3. The molecule has 1 aliphatic rings. The number of rotatable bonds is 4. The molecular formula is C12H22N2O3. The molecule has 1 heterocycles. The SMILES string of the molecule is COC(=O)CCCN1CCN(C)C(=O)C1(C)C. The van der Waals surface area contributed by atoms with Crippen LogP contribution in [0.3, 0.4) is 0 Å². The lowest BCUT2D eigenvalue weighted by atomic mass is 9.97. The van der Waals surface area contributed by atoms with Crippen LogP contribution in [0.15, 0.2) is 0 Å². The summed E-state index contributed by atoms with van der Waals surface area (Å²) in [5.41, 5.74) is -0.469. The van der Waals surface area contributed by atoms with E-state index in [2.05, 4.69) is 9.64 Å². The van der Waals surface area contributed by atoms with Crippen LogP contribution in [0.25, 0.3) is 0 Å². The molecule has 0 N–H and O–H groups in total. The van der Waals surface area contributed by atoms with Gasteiger partial charge in [0, 0.05) is 26.6 Å². The largest absolute Gasteiger partial charge is 0.469 e. The lowest BCUT2D eigenvalue weighted by Crippen LogP contribution is -2.62. The van der Waals surface area contributed by atoms with Crippen LogP contribution in [0.1, 0.15) is 26.7 Å². The molecular weight excluding hydrogens is 220 g/mol. The highest BCUT2D eigenvalue weighted by atomic mass is 16.5. The van der Waals surface area contributed by atoms with Crippen molar-refractivity contribution in [2.45, 2.75) is 32.2 Å². The summed E-state index contributed by atoms with van der Waals surface area (Å²) in [5.74, 6) is -0.0509. The zero-order chi connectivity index (χ0) is 13.1. The van der Waals surface area contributed by atoms with E-state index in [4.69, 9.17) is 0 Å². The Morgan fingerprint density at radius 2 is 2.06 bits per heavy atom. The third-order valence-corrected chi connectivity index (χ3v) is 3.40. The number of carbonyl (C=O) groups excluding carboxylic acids is 2. The molecule has 5 heteroatoms. The molecule has 5 nitrogen and oxygen atoms in total. The molecule has 1 aliphatic heterocycles. The number of hydrogen-bond donors (Lipinski definition) is 0. The first-order chi connectivity index (χ1) is 7.89. The normalized spacial score (nSPS) is 20.5. The van der Waals surface area contributed by atoms with Gasteiger partial charge in [0.05, 0.1) is 12.6 Å². The van der Waals surface area contributed by atoms with E-state index in [9.17, 15) is 9.59 Å². The minimum absolute atomic E-state index is 0.141. The van der Waals surface area contributed by atoms with Gasteiger partial charge in [0.15, 0.2) is 0 Å². The second-order valence-corrected chi connectivity index (χ2v) is 4.95. The van der Waals surface area contributed by atoms with Crippen LogP contribution in [0.2, 0.25) is 0 Å². The fraction of sp³-hybridized carbons (Fsp3) is 0.833. The van der Waals surface area contributed by atoms with Crippen molar-refractivity contribution in [2.24, 2.45) is 0 Å². The van der Waals surface area contributed by atoms with E-state index in [0.29, 0.717) is 6.42 Å². The number of ether oxygens (including phenoxy) is 1. The van der Waals surface area contributed by atoms with Gasteiger partial charge < -0.3 is 9.64 Å². The first kappa shape index (κ1) is 14.0. The van der Waals surface area contributed by atoms with Crippen LogP contribution in [-0.2, 0) is 14.3 Å². The molecule has 0 aromatic carbocycles. The summed E-state index contributed by atoms with van der Waals surface area (Å²) in [5, 5.41) is 0. The number of hydrogen-bond acceptors (Lipinski definition) is 4. The van der Waals surface area contributed by atoms with Gasteiger partial charge in [0.1, 0.15) is 0 Å². The van der Waals surface area contributed by atoms with Crippen molar-refractivity contribution in [1.82, 2.24) is 9.80 Å². The summed E-state index contributed by atoms with van der Waals surface area (Å²) in [6, 6.07) is 0. The number of methoxy groups -OCH3 is 1. The summed E-state index contributed by atoms with van der Waals surface area (Å²) < 4.78 is 4.60. The van der Waals surface area contributed by atoms with Gasteiger partial charge in [-0.2, -0.15) is 0 Å². The third-order valence-electron chi connectivity index (χ3n) is 3.40. The number of piperazine rings is 1. The summed E-state index contributed by atoms with van der Waals surface area (Å²) in [4.78, 5) is 26.9. The Bertz CT molecular complexity index is 302. The van der Waals surface area contributed by atoms with Gasteiger partial charge >= 0.3 is 5.97 Å². The molecule has 0 aliphatic carbocycles. The number of likely N-dealkylation sites (N-methyl/N-ethyl adjacent to an activating group) is 1. The highest BCUT2D eigenvalue weighted by molar-refractivity contribution is 5.86. The minimum Gasteiger partial charge on any atom is -0.469 e. The van der Waals surface area contributed by atoms with Crippen LogP contribution in [0.5, 0.6) is 0 Å². The number of amides is 1. The van der Waals surface area contributed by atoms with Crippen molar-refractivity contribution in [2.75, 3.05) is 33.8 Å². The van der Waals surface area contributed by atoms with Gasteiger partial charge in [-0.3, -0.25) is 14.5 Å². The van der Waals surface area contributed by atoms with E-state index < -0.39 is 5.54 Å². The minimum atomic E-state index is -0.469.